The van der Waals surface area contributed by atoms with E-state index in [1.165, 1.54) is 11.8 Å². The molecule has 2 aromatic rings. The molecule has 5 heteroatoms. The van der Waals surface area contributed by atoms with Crippen molar-refractivity contribution in [2.24, 2.45) is 0 Å². The first-order valence-electron chi connectivity index (χ1n) is 5.11. The third-order valence-corrected chi connectivity index (χ3v) is 3.56. The SMILES string of the molecule is O=C(c1cnns1)C1CCc2cccnc21. The topological polar surface area (TPSA) is 55.7 Å². The van der Waals surface area contributed by atoms with Gasteiger partial charge in [-0.25, -0.2) is 0 Å². The van der Waals surface area contributed by atoms with Gasteiger partial charge in [0.15, 0.2) is 5.78 Å². The molecule has 0 radical (unpaired) electrons. The lowest BCUT2D eigenvalue weighted by Crippen LogP contribution is -2.09. The molecule has 0 saturated carbocycles. The molecule has 0 aromatic carbocycles. The van der Waals surface area contributed by atoms with Crippen molar-refractivity contribution in [3.63, 3.8) is 0 Å². The molecule has 0 bridgehead atoms. The minimum atomic E-state index is -0.0987. The van der Waals surface area contributed by atoms with Gasteiger partial charge >= 0.3 is 0 Å². The highest BCUT2D eigenvalue weighted by molar-refractivity contribution is 7.07. The monoisotopic (exact) mass is 231 g/mol. The second kappa shape index (κ2) is 3.75. The number of aryl methyl sites for hydroxylation is 1. The molecule has 2 aromatic heterocycles. The van der Waals surface area contributed by atoms with Gasteiger partial charge in [-0.3, -0.25) is 9.78 Å². The normalized spacial score (nSPS) is 18.4. The van der Waals surface area contributed by atoms with Gasteiger partial charge in [-0.15, -0.1) is 5.10 Å². The van der Waals surface area contributed by atoms with Crippen molar-refractivity contribution in [2.75, 3.05) is 0 Å². The summed E-state index contributed by atoms with van der Waals surface area (Å²) in [6.45, 7) is 0. The number of carbonyl (C=O) groups excluding carboxylic acids is 1. The maximum absolute atomic E-state index is 12.2. The van der Waals surface area contributed by atoms with E-state index in [1.807, 2.05) is 12.1 Å². The van der Waals surface area contributed by atoms with Gasteiger partial charge < -0.3 is 0 Å². The van der Waals surface area contributed by atoms with E-state index in [2.05, 4.69) is 14.6 Å². The van der Waals surface area contributed by atoms with Crippen LogP contribution in [0.5, 0.6) is 0 Å². The molecular formula is C11H9N3OS. The molecule has 4 nitrogen and oxygen atoms in total. The Kier molecular flexibility index (Phi) is 2.25. The molecule has 0 fully saturated rings. The van der Waals surface area contributed by atoms with Gasteiger partial charge in [0.1, 0.15) is 4.88 Å². The molecule has 1 aliphatic rings. The van der Waals surface area contributed by atoms with Gasteiger partial charge in [-0.05, 0) is 36.0 Å². The Labute approximate surface area is 96.5 Å². The highest BCUT2D eigenvalue weighted by Crippen LogP contribution is 2.33. The number of hydrogen-bond donors (Lipinski definition) is 0. The summed E-state index contributed by atoms with van der Waals surface area (Å²) >= 11 is 1.15. The standard InChI is InChI=1S/C11H9N3OS/c15-11(9-6-13-14-16-9)8-4-3-7-2-1-5-12-10(7)8/h1-2,5-6,8H,3-4H2. The number of carbonyl (C=O) groups is 1. The van der Waals surface area contributed by atoms with E-state index < -0.39 is 0 Å². The molecule has 0 N–H and O–H groups in total. The van der Waals surface area contributed by atoms with Crippen LogP contribution in [0.3, 0.4) is 0 Å². The Morgan fingerprint density at radius 3 is 3.25 bits per heavy atom. The van der Waals surface area contributed by atoms with E-state index in [9.17, 15) is 4.79 Å². The van der Waals surface area contributed by atoms with E-state index >= 15 is 0 Å². The van der Waals surface area contributed by atoms with Crippen LogP contribution in [0, 0.1) is 0 Å². The number of Topliss-reactive ketones (excluding diaryl/α,β-unsaturated/α-hetero) is 1. The third kappa shape index (κ3) is 1.44. The van der Waals surface area contributed by atoms with E-state index in [-0.39, 0.29) is 11.7 Å². The Morgan fingerprint density at radius 1 is 1.50 bits per heavy atom. The number of ketones is 1. The van der Waals surface area contributed by atoms with Crippen LogP contribution in [-0.2, 0) is 6.42 Å². The van der Waals surface area contributed by atoms with Gasteiger partial charge in [0.05, 0.1) is 17.8 Å². The smallest absolute Gasteiger partial charge is 0.185 e. The quantitative estimate of drug-likeness (QED) is 0.740. The van der Waals surface area contributed by atoms with Crippen molar-refractivity contribution in [1.29, 1.82) is 0 Å². The Hall–Kier alpha value is -1.62. The number of fused-ring (bicyclic) bond motifs is 1. The molecule has 0 aliphatic heterocycles. The van der Waals surface area contributed by atoms with E-state index in [1.54, 1.807) is 6.20 Å². The molecule has 16 heavy (non-hydrogen) atoms. The number of aromatic nitrogens is 3. The van der Waals surface area contributed by atoms with E-state index in [4.69, 9.17) is 0 Å². The number of pyridine rings is 1. The zero-order valence-electron chi connectivity index (χ0n) is 8.46. The fourth-order valence-electron chi connectivity index (χ4n) is 2.12. The van der Waals surface area contributed by atoms with Gasteiger partial charge in [0.25, 0.3) is 0 Å². The first-order valence-corrected chi connectivity index (χ1v) is 5.89. The summed E-state index contributed by atoms with van der Waals surface area (Å²) in [5.74, 6) is 0.00546. The summed E-state index contributed by atoms with van der Waals surface area (Å²) in [5.41, 5.74) is 2.12. The minimum absolute atomic E-state index is 0.0987. The second-order valence-corrected chi connectivity index (χ2v) is 4.57. The number of hydrogen-bond acceptors (Lipinski definition) is 5. The van der Waals surface area contributed by atoms with Crippen molar-refractivity contribution < 1.29 is 4.79 Å². The Morgan fingerprint density at radius 2 is 2.44 bits per heavy atom. The fourth-order valence-corrected chi connectivity index (χ4v) is 2.62. The maximum atomic E-state index is 12.2. The largest absolute Gasteiger partial charge is 0.292 e. The molecule has 0 saturated heterocycles. The highest BCUT2D eigenvalue weighted by atomic mass is 32.1. The predicted molar refractivity (Wildman–Crippen MR) is 59.5 cm³/mol. The highest BCUT2D eigenvalue weighted by Gasteiger charge is 2.31. The van der Waals surface area contributed by atoms with Crippen molar-refractivity contribution in [1.82, 2.24) is 14.6 Å². The molecule has 3 rings (SSSR count). The molecule has 2 heterocycles. The average molecular weight is 231 g/mol. The summed E-state index contributed by atoms with van der Waals surface area (Å²) in [5, 5.41) is 3.70. The third-order valence-electron chi connectivity index (χ3n) is 2.88. The van der Waals surface area contributed by atoms with Crippen LogP contribution in [0.25, 0.3) is 0 Å². The Balaban J connectivity index is 1.96. The molecule has 1 aliphatic carbocycles. The molecule has 80 valence electrons. The molecular weight excluding hydrogens is 222 g/mol. The molecule has 0 amide bonds. The van der Waals surface area contributed by atoms with Crippen LogP contribution in [0.4, 0.5) is 0 Å². The van der Waals surface area contributed by atoms with Crippen molar-refractivity contribution in [3.8, 4) is 0 Å². The molecule has 0 spiro atoms. The summed E-state index contributed by atoms with van der Waals surface area (Å²) < 4.78 is 3.72. The second-order valence-electron chi connectivity index (χ2n) is 3.79. The summed E-state index contributed by atoms with van der Waals surface area (Å²) in [7, 11) is 0. The predicted octanol–water partition coefficient (Wildman–Crippen LogP) is 1.85. The zero-order valence-corrected chi connectivity index (χ0v) is 9.28. The lowest BCUT2D eigenvalue weighted by atomic mass is 10.0. The fraction of sp³-hybridized carbons (Fsp3) is 0.273. The van der Waals surface area contributed by atoms with Crippen molar-refractivity contribution >= 4 is 17.3 Å². The number of nitrogens with zero attached hydrogens (tertiary/aromatic N) is 3. The minimum Gasteiger partial charge on any atom is -0.292 e. The summed E-state index contributed by atoms with van der Waals surface area (Å²) in [4.78, 5) is 17.1. The Bertz CT molecular complexity index is 524. The number of rotatable bonds is 2. The summed E-state index contributed by atoms with van der Waals surface area (Å²) in [6.07, 6.45) is 5.07. The van der Waals surface area contributed by atoms with Crippen LogP contribution >= 0.6 is 11.5 Å². The average Bonchev–Trinajstić information content (AvgIpc) is 2.98. The maximum Gasteiger partial charge on any atom is 0.185 e. The first kappa shape index (κ1) is 9.59. The van der Waals surface area contributed by atoms with Gasteiger partial charge in [0.2, 0.25) is 0 Å². The van der Waals surface area contributed by atoms with Gasteiger partial charge in [-0.1, -0.05) is 10.6 Å². The van der Waals surface area contributed by atoms with E-state index in [0.717, 1.165) is 30.1 Å². The van der Waals surface area contributed by atoms with Crippen molar-refractivity contribution in [3.05, 3.63) is 40.7 Å². The van der Waals surface area contributed by atoms with Crippen molar-refractivity contribution in [2.45, 2.75) is 18.8 Å². The van der Waals surface area contributed by atoms with Crippen LogP contribution in [0.2, 0.25) is 0 Å². The molecule has 1 atom stereocenters. The van der Waals surface area contributed by atoms with Crippen LogP contribution in [0.1, 0.15) is 33.3 Å². The summed E-state index contributed by atoms with van der Waals surface area (Å²) in [6, 6.07) is 3.96. The van der Waals surface area contributed by atoms with Gasteiger partial charge in [0, 0.05) is 6.20 Å². The van der Waals surface area contributed by atoms with Gasteiger partial charge in [-0.2, -0.15) is 0 Å². The van der Waals surface area contributed by atoms with Crippen LogP contribution in [0.15, 0.2) is 24.5 Å². The van der Waals surface area contributed by atoms with E-state index in [0.29, 0.717) is 4.88 Å². The van der Waals surface area contributed by atoms with Crippen LogP contribution < -0.4 is 0 Å². The lowest BCUT2D eigenvalue weighted by Gasteiger charge is -2.06. The zero-order chi connectivity index (χ0) is 11.0. The lowest BCUT2D eigenvalue weighted by molar-refractivity contribution is 0.0962. The molecule has 1 unspecified atom stereocenters. The van der Waals surface area contributed by atoms with Crippen LogP contribution in [-0.4, -0.2) is 20.4 Å². The first-order chi connectivity index (χ1) is 7.86.